The van der Waals surface area contributed by atoms with Gasteiger partial charge >= 0.3 is 6.18 Å². The highest BCUT2D eigenvalue weighted by molar-refractivity contribution is 7.08. The number of benzene rings is 1. The summed E-state index contributed by atoms with van der Waals surface area (Å²) >= 11 is 1.38. The maximum atomic E-state index is 12.9. The van der Waals surface area contributed by atoms with E-state index in [0.29, 0.717) is 5.56 Å². The van der Waals surface area contributed by atoms with Crippen molar-refractivity contribution in [3.05, 3.63) is 57.8 Å². The van der Waals surface area contributed by atoms with Crippen LogP contribution in [0.4, 0.5) is 18.9 Å². The fourth-order valence-electron chi connectivity index (χ4n) is 1.70. The van der Waals surface area contributed by atoms with Gasteiger partial charge in [0.05, 0.1) is 11.3 Å². The van der Waals surface area contributed by atoms with E-state index in [1.54, 1.807) is 22.9 Å². The van der Waals surface area contributed by atoms with E-state index in [9.17, 15) is 18.0 Å². The van der Waals surface area contributed by atoms with E-state index >= 15 is 0 Å². The lowest BCUT2D eigenvalue weighted by Crippen LogP contribution is -2.17. The quantitative estimate of drug-likeness (QED) is 0.676. The third-order valence-corrected chi connectivity index (χ3v) is 3.40. The molecular formula is C15H9F3N2OS. The van der Waals surface area contributed by atoms with Gasteiger partial charge in [-0.2, -0.15) is 29.8 Å². The summed E-state index contributed by atoms with van der Waals surface area (Å²) in [6, 6.07) is 7.99. The first kappa shape index (κ1) is 15.8. The molecule has 0 aliphatic heterocycles. The summed E-state index contributed by atoms with van der Waals surface area (Å²) in [6.45, 7) is 0. The fourth-order valence-corrected chi connectivity index (χ4v) is 2.32. The highest BCUT2D eigenvalue weighted by atomic mass is 32.1. The van der Waals surface area contributed by atoms with Crippen molar-refractivity contribution in [2.24, 2.45) is 0 Å². The zero-order chi connectivity index (χ0) is 16.2. The zero-order valence-electron chi connectivity index (χ0n) is 11.0. The second-order valence-electron chi connectivity index (χ2n) is 4.22. The number of nitrogens with zero attached hydrogens (tertiary/aromatic N) is 1. The Morgan fingerprint density at radius 2 is 2.00 bits per heavy atom. The van der Waals surface area contributed by atoms with Gasteiger partial charge in [0, 0.05) is 0 Å². The van der Waals surface area contributed by atoms with Crippen LogP contribution in [-0.4, -0.2) is 5.91 Å². The predicted octanol–water partition coefficient (Wildman–Crippen LogP) is 4.31. The fraction of sp³-hybridized carbons (Fsp3) is 0.0667. The van der Waals surface area contributed by atoms with Gasteiger partial charge in [0.2, 0.25) is 0 Å². The lowest BCUT2D eigenvalue weighted by atomic mass is 10.1. The average Bonchev–Trinajstić information content (AvgIpc) is 2.97. The first-order chi connectivity index (χ1) is 10.4. The number of carbonyl (C=O) groups is 1. The molecule has 0 aliphatic rings. The number of para-hydroxylation sites is 1. The summed E-state index contributed by atoms with van der Waals surface area (Å²) in [4.78, 5) is 12.0. The Hall–Kier alpha value is -2.59. The molecular weight excluding hydrogens is 313 g/mol. The van der Waals surface area contributed by atoms with E-state index < -0.39 is 17.6 Å². The van der Waals surface area contributed by atoms with Gasteiger partial charge in [0.25, 0.3) is 5.91 Å². The number of hydrogen-bond donors (Lipinski definition) is 1. The number of halogens is 3. The molecule has 0 aliphatic carbocycles. The van der Waals surface area contributed by atoms with Crippen LogP contribution in [0.1, 0.15) is 11.1 Å². The molecule has 0 spiro atoms. The molecule has 0 radical (unpaired) electrons. The second kappa shape index (κ2) is 6.45. The van der Waals surface area contributed by atoms with Crippen molar-refractivity contribution < 1.29 is 18.0 Å². The summed E-state index contributed by atoms with van der Waals surface area (Å²) in [6.07, 6.45) is -3.27. The van der Waals surface area contributed by atoms with E-state index in [1.165, 1.54) is 29.5 Å². The number of anilines is 1. The van der Waals surface area contributed by atoms with Gasteiger partial charge in [-0.15, -0.1) is 0 Å². The Kier molecular flexibility index (Phi) is 4.63. The van der Waals surface area contributed by atoms with Gasteiger partial charge in [-0.25, -0.2) is 0 Å². The maximum Gasteiger partial charge on any atom is 0.418 e. The number of hydrogen-bond acceptors (Lipinski definition) is 3. The Bertz CT molecular complexity index is 743. The van der Waals surface area contributed by atoms with Gasteiger partial charge in [0.15, 0.2) is 0 Å². The molecule has 2 rings (SSSR count). The molecule has 1 N–H and O–H groups in total. The van der Waals surface area contributed by atoms with E-state index in [0.717, 1.165) is 12.1 Å². The third-order valence-electron chi connectivity index (χ3n) is 2.70. The van der Waals surface area contributed by atoms with Crippen LogP contribution in [-0.2, 0) is 11.0 Å². The van der Waals surface area contributed by atoms with Gasteiger partial charge in [-0.3, -0.25) is 4.79 Å². The number of carbonyl (C=O) groups excluding carboxylic acids is 1. The minimum Gasteiger partial charge on any atom is -0.321 e. The van der Waals surface area contributed by atoms with Crippen molar-refractivity contribution >= 4 is 29.0 Å². The van der Waals surface area contributed by atoms with Gasteiger partial charge in [-0.1, -0.05) is 12.1 Å². The molecule has 7 heteroatoms. The molecule has 1 aromatic carbocycles. The topological polar surface area (TPSA) is 52.9 Å². The van der Waals surface area contributed by atoms with Crippen molar-refractivity contribution in [2.75, 3.05) is 5.32 Å². The zero-order valence-corrected chi connectivity index (χ0v) is 11.8. The molecule has 0 fully saturated rings. The highest BCUT2D eigenvalue weighted by Crippen LogP contribution is 2.34. The number of alkyl halides is 3. The van der Waals surface area contributed by atoms with Crippen molar-refractivity contribution in [2.45, 2.75) is 6.18 Å². The van der Waals surface area contributed by atoms with E-state index in [-0.39, 0.29) is 11.3 Å². The molecule has 0 saturated carbocycles. The molecule has 22 heavy (non-hydrogen) atoms. The smallest absolute Gasteiger partial charge is 0.321 e. The van der Waals surface area contributed by atoms with Gasteiger partial charge in [-0.05, 0) is 40.6 Å². The molecule has 1 heterocycles. The molecule has 3 nitrogen and oxygen atoms in total. The SMILES string of the molecule is N#C/C(=C\c1ccsc1)C(=O)Nc1ccccc1C(F)(F)F. The Labute approximate surface area is 128 Å². The van der Waals surface area contributed by atoms with Crippen LogP contribution in [0.2, 0.25) is 0 Å². The van der Waals surface area contributed by atoms with Crippen LogP contribution in [0.25, 0.3) is 6.08 Å². The van der Waals surface area contributed by atoms with E-state index in [1.807, 2.05) is 0 Å². The van der Waals surface area contributed by atoms with Crippen molar-refractivity contribution in [3.8, 4) is 6.07 Å². The second-order valence-corrected chi connectivity index (χ2v) is 5.00. The Balaban J connectivity index is 2.28. The van der Waals surface area contributed by atoms with Gasteiger partial charge < -0.3 is 5.32 Å². The molecule has 2 aromatic rings. The molecule has 0 bridgehead atoms. The standard InChI is InChI=1S/C15H9F3N2OS/c16-15(17,18)12-3-1-2-4-13(12)20-14(21)11(8-19)7-10-5-6-22-9-10/h1-7,9H,(H,20,21)/b11-7+. The molecule has 0 unspecified atom stereocenters. The first-order valence-corrected chi connectivity index (χ1v) is 6.97. The lowest BCUT2D eigenvalue weighted by molar-refractivity contribution is -0.136. The number of rotatable bonds is 3. The van der Waals surface area contributed by atoms with Crippen LogP contribution < -0.4 is 5.32 Å². The third kappa shape index (κ3) is 3.74. The summed E-state index contributed by atoms with van der Waals surface area (Å²) < 4.78 is 38.6. The van der Waals surface area contributed by atoms with Crippen LogP contribution in [0.3, 0.4) is 0 Å². The number of nitrogens with one attached hydrogen (secondary N) is 1. The maximum absolute atomic E-state index is 12.9. The molecule has 0 saturated heterocycles. The molecule has 0 atom stereocenters. The van der Waals surface area contributed by atoms with Crippen molar-refractivity contribution in [3.63, 3.8) is 0 Å². The summed E-state index contributed by atoms with van der Waals surface area (Å²) in [7, 11) is 0. The first-order valence-electron chi connectivity index (χ1n) is 6.03. The van der Waals surface area contributed by atoms with E-state index in [4.69, 9.17) is 5.26 Å². The molecule has 112 valence electrons. The van der Waals surface area contributed by atoms with Crippen LogP contribution >= 0.6 is 11.3 Å². The average molecular weight is 322 g/mol. The highest BCUT2D eigenvalue weighted by Gasteiger charge is 2.33. The Morgan fingerprint density at radius 3 is 2.59 bits per heavy atom. The van der Waals surface area contributed by atoms with Crippen LogP contribution in [0.15, 0.2) is 46.7 Å². The van der Waals surface area contributed by atoms with Crippen LogP contribution in [0, 0.1) is 11.3 Å². The normalized spacial score (nSPS) is 11.8. The van der Waals surface area contributed by atoms with Crippen molar-refractivity contribution in [1.29, 1.82) is 5.26 Å². The van der Waals surface area contributed by atoms with Gasteiger partial charge in [0.1, 0.15) is 11.6 Å². The summed E-state index contributed by atoms with van der Waals surface area (Å²) in [5, 5.41) is 14.6. The minimum atomic E-state index is -4.59. The predicted molar refractivity (Wildman–Crippen MR) is 78.0 cm³/mol. The van der Waals surface area contributed by atoms with Crippen molar-refractivity contribution in [1.82, 2.24) is 0 Å². The number of thiophene rings is 1. The monoisotopic (exact) mass is 322 g/mol. The lowest BCUT2D eigenvalue weighted by Gasteiger charge is -2.13. The number of nitriles is 1. The summed E-state index contributed by atoms with van der Waals surface area (Å²) in [5.41, 5.74) is -0.973. The number of amides is 1. The summed E-state index contributed by atoms with van der Waals surface area (Å²) in [5.74, 6) is -0.884. The minimum absolute atomic E-state index is 0.268. The molecule has 1 aromatic heterocycles. The Morgan fingerprint density at radius 1 is 1.27 bits per heavy atom. The largest absolute Gasteiger partial charge is 0.418 e. The van der Waals surface area contributed by atoms with Crippen LogP contribution in [0.5, 0.6) is 0 Å². The van der Waals surface area contributed by atoms with E-state index in [2.05, 4.69) is 5.32 Å². The molecule has 1 amide bonds.